The second-order valence-electron chi connectivity index (χ2n) is 7.12. The van der Waals surface area contributed by atoms with Crippen LogP contribution in [0.5, 0.6) is 0 Å². The molecule has 1 atom stereocenters. The number of halogens is 3. The molecule has 1 fully saturated rings. The molecular formula is C20H22F3N3OS. The number of benzene rings is 2. The van der Waals surface area contributed by atoms with Gasteiger partial charge < -0.3 is 14.8 Å². The van der Waals surface area contributed by atoms with Gasteiger partial charge in [-0.15, -0.1) is 0 Å². The number of hydrogen-bond donors (Lipinski definition) is 1. The molecule has 0 saturated carbocycles. The molecule has 1 N–H and O–H groups in total. The molecule has 1 unspecified atom stereocenters. The van der Waals surface area contributed by atoms with Gasteiger partial charge in [-0.1, -0.05) is 12.1 Å². The molecule has 0 aromatic heterocycles. The van der Waals surface area contributed by atoms with Crippen molar-refractivity contribution in [1.29, 1.82) is 0 Å². The minimum atomic E-state index is -4.31. The zero-order valence-electron chi connectivity index (χ0n) is 15.3. The molecule has 4 nitrogen and oxygen atoms in total. The quantitative estimate of drug-likeness (QED) is 0.784. The molecule has 28 heavy (non-hydrogen) atoms. The van der Waals surface area contributed by atoms with Crippen molar-refractivity contribution >= 4 is 22.6 Å². The number of rotatable bonds is 4. The maximum absolute atomic E-state index is 12.9. The number of nitrogens with zero attached hydrogens (tertiary/aromatic N) is 2. The molecule has 2 aromatic rings. The second-order valence-corrected chi connectivity index (χ2v) is 8.54. The van der Waals surface area contributed by atoms with Crippen LogP contribution in [-0.4, -0.2) is 48.1 Å². The lowest BCUT2D eigenvalue weighted by atomic mass is 10.1. The lowest BCUT2D eigenvalue weighted by molar-refractivity contribution is -0.137. The summed E-state index contributed by atoms with van der Waals surface area (Å²) in [6.45, 7) is 3.93. The second kappa shape index (κ2) is 7.85. The minimum absolute atomic E-state index is 0.482. The van der Waals surface area contributed by atoms with Crippen LogP contribution in [0, 0.1) is 0 Å². The van der Waals surface area contributed by atoms with Gasteiger partial charge in [0, 0.05) is 49.6 Å². The van der Waals surface area contributed by atoms with Crippen LogP contribution in [0.1, 0.15) is 11.1 Å². The van der Waals surface area contributed by atoms with Crippen LogP contribution in [0.25, 0.3) is 0 Å². The third-order valence-corrected chi connectivity index (χ3v) is 6.55. The smallest absolute Gasteiger partial charge is 0.416 e. The number of piperazine rings is 1. The molecule has 8 heteroatoms. The van der Waals surface area contributed by atoms with Gasteiger partial charge in [-0.3, -0.25) is 4.90 Å². The highest BCUT2D eigenvalue weighted by molar-refractivity contribution is 7.92. The predicted octanol–water partition coefficient (Wildman–Crippen LogP) is 3.56. The lowest BCUT2D eigenvalue weighted by Crippen LogP contribution is -2.47. The van der Waals surface area contributed by atoms with Gasteiger partial charge in [-0.2, -0.15) is 13.2 Å². The minimum Gasteiger partial charge on any atom is -0.610 e. The molecule has 0 bridgehead atoms. The molecule has 2 aliphatic heterocycles. The summed E-state index contributed by atoms with van der Waals surface area (Å²) in [5.41, 5.74) is 2.15. The van der Waals surface area contributed by atoms with E-state index in [1.165, 1.54) is 12.1 Å². The van der Waals surface area contributed by atoms with Gasteiger partial charge >= 0.3 is 6.18 Å². The fraction of sp³-hybridized carbons (Fsp3) is 0.400. The highest BCUT2D eigenvalue weighted by Crippen LogP contribution is 2.32. The van der Waals surface area contributed by atoms with Crippen LogP contribution in [0.15, 0.2) is 47.4 Å². The summed E-state index contributed by atoms with van der Waals surface area (Å²) in [6.07, 6.45) is -3.44. The zero-order chi connectivity index (χ0) is 19.7. The predicted molar refractivity (Wildman–Crippen MR) is 105 cm³/mol. The Labute approximate surface area is 165 Å². The van der Waals surface area contributed by atoms with E-state index in [-0.39, 0.29) is 0 Å². The van der Waals surface area contributed by atoms with Gasteiger partial charge in [-0.05, 0) is 42.3 Å². The van der Waals surface area contributed by atoms with Gasteiger partial charge in [0.25, 0.3) is 0 Å². The van der Waals surface area contributed by atoms with Crippen LogP contribution in [0.4, 0.5) is 24.5 Å². The van der Waals surface area contributed by atoms with E-state index in [0.717, 1.165) is 48.3 Å². The summed E-state index contributed by atoms with van der Waals surface area (Å²) in [7, 11) is 0. The number of anilines is 2. The van der Waals surface area contributed by atoms with Crippen molar-refractivity contribution in [2.75, 3.05) is 48.8 Å². The maximum Gasteiger partial charge on any atom is 0.416 e. The van der Waals surface area contributed by atoms with Crippen LogP contribution < -0.4 is 10.2 Å². The molecule has 0 radical (unpaired) electrons. The van der Waals surface area contributed by atoms with E-state index in [9.17, 15) is 17.7 Å². The number of fused-ring (bicyclic) bond motifs is 1. The number of alkyl halides is 3. The Morgan fingerprint density at radius 1 is 1.04 bits per heavy atom. The molecule has 2 heterocycles. The first-order valence-electron chi connectivity index (χ1n) is 9.30. The summed E-state index contributed by atoms with van der Waals surface area (Å²) < 4.78 is 50.7. The average Bonchev–Trinajstić information content (AvgIpc) is 3.07. The zero-order valence-corrected chi connectivity index (χ0v) is 16.2. The Morgan fingerprint density at radius 3 is 2.57 bits per heavy atom. The van der Waals surface area contributed by atoms with Crippen LogP contribution in [0.3, 0.4) is 0 Å². The monoisotopic (exact) mass is 409 g/mol. The lowest BCUT2D eigenvalue weighted by Gasteiger charge is -2.36. The fourth-order valence-electron chi connectivity index (χ4n) is 3.67. The van der Waals surface area contributed by atoms with Crippen molar-refractivity contribution < 1.29 is 17.7 Å². The fourth-order valence-corrected chi connectivity index (χ4v) is 4.78. The Balaban J connectivity index is 1.31. The molecule has 0 spiro atoms. The Hall–Kier alpha value is -1.90. The molecule has 2 aliphatic rings. The van der Waals surface area contributed by atoms with Crippen LogP contribution in [-0.2, 0) is 23.8 Å². The van der Waals surface area contributed by atoms with E-state index in [1.807, 2.05) is 17.0 Å². The Morgan fingerprint density at radius 2 is 1.82 bits per heavy atom. The van der Waals surface area contributed by atoms with Gasteiger partial charge in [0.05, 0.1) is 11.3 Å². The largest absolute Gasteiger partial charge is 0.610 e. The van der Waals surface area contributed by atoms with Crippen molar-refractivity contribution in [3.05, 3.63) is 53.6 Å². The summed E-state index contributed by atoms with van der Waals surface area (Å²) in [4.78, 5) is 5.22. The van der Waals surface area contributed by atoms with Crippen LogP contribution >= 0.6 is 0 Å². The van der Waals surface area contributed by atoms with E-state index in [1.54, 1.807) is 6.07 Å². The topological polar surface area (TPSA) is 41.6 Å². The van der Waals surface area contributed by atoms with Crippen molar-refractivity contribution in [1.82, 2.24) is 4.90 Å². The van der Waals surface area contributed by atoms with Crippen molar-refractivity contribution in [3.63, 3.8) is 0 Å². The summed E-state index contributed by atoms with van der Waals surface area (Å²) in [6, 6.07) is 11.6. The Bertz CT molecular complexity index is 838. The van der Waals surface area contributed by atoms with Crippen molar-refractivity contribution in [2.45, 2.75) is 17.5 Å². The van der Waals surface area contributed by atoms with E-state index in [4.69, 9.17) is 0 Å². The molecule has 150 valence electrons. The van der Waals surface area contributed by atoms with E-state index >= 15 is 0 Å². The van der Waals surface area contributed by atoms with Gasteiger partial charge in [0.2, 0.25) is 0 Å². The summed E-state index contributed by atoms with van der Waals surface area (Å²) >= 11 is -0.962. The van der Waals surface area contributed by atoms with Crippen LogP contribution in [0.2, 0.25) is 0 Å². The molecule has 2 aromatic carbocycles. The average molecular weight is 409 g/mol. The molecule has 4 rings (SSSR count). The van der Waals surface area contributed by atoms with Crippen molar-refractivity contribution in [3.8, 4) is 0 Å². The van der Waals surface area contributed by atoms with E-state index in [2.05, 4.69) is 16.3 Å². The third-order valence-electron chi connectivity index (χ3n) is 5.31. The van der Waals surface area contributed by atoms with E-state index in [0.29, 0.717) is 24.7 Å². The molecular weight excluding hydrogens is 387 g/mol. The first-order valence-corrected chi connectivity index (χ1v) is 10.6. The highest BCUT2D eigenvalue weighted by atomic mass is 32.2. The van der Waals surface area contributed by atoms with Crippen molar-refractivity contribution in [2.24, 2.45) is 0 Å². The van der Waals surface area contributed by atoms with Gasteiger partial charge in [0.1, 0.15) is 0 Å². The SMILES string of the molecule is [O-][S+]1CNc2ccc(CCN3CCN(c4cccc(C(F)(F)F)c4)CC3)cc21. The molecule has 1 saturated heterocycles. The number of hydrogen-bond acceptors (Lipinski definition) is 4. The van der Waals surface area contributed by atoms with Gasteiger partial charge in [0.15, 0.2) is 10.8 Å². The third kappa shape index (κ3) is 4.24. The summed E-state index contributed by atoms with van der Waals surface area (Å²) in [5.74, 6) is 0.482. The Kier molecular flexibility index (Phi) is 5.44. The molecule has 0 amide bonds. The highest BCUT2D eigenvalue weighted by Gasteiger charge is 2.31. The standard InChI is InChI=1S/C20H22F3N3OS/c21-20(22,23)16-2-1-3-17(13-16)26-10-8-25(9-11-26)7-6-15-4-5-18-19(12-15)28(27)14-24-18/h1-5,12-13,24H,6-11,14H2. The normalized spacial score (nSPS) is 20.1. The first-order chi connectivity index (χ1) is 13.4. The molecule has 0 aliphatic carbocycles. The maximum atomic E-state index is 12.9. The number of nitrogens with one attached hydrogen (secondary N) is 1. The first kappa shape index (κ1) is 19.4. The van der Waals surface area contributed by atoms with Gasteiger partial charge in [-0.25, -0.2) is 0 Å². The summed E-state index contributed by atoms with van der Waals surface area (Å²) in [5, 5.41) is 3.13. The van der Waals surface area contributed by atoms with E-state index < -0.39 is 22.9 Å².